The van der Waals surface area contributed by atoms with Crippen LogP contribution in [0.4, 0.5) is 0 Å². The van der Waals surface area contributed by atoms with Gasteiger partial charge in [-0.25, -0.2) is 4.79 Å². The molecular formula is C15H22O4. The molecule has 1 aliphatic carbocycles. The summed E-state index contributed by atoms with van der Waals surface area (Å²) in [5.41, 5.74) is -0.838. The van der Waals surface area contributed by atoms with Crippen LogP contribution >= 0.6 is 0 Å². The highest BCUT2D eigenvalue weighted by Crippen LogP contribution is 2.26. The van der Waals surface area contributed by atoms with Gasteiger partial charge in [0.2, 0.25) is 0 Å². The van der Waals surface area contributed by atoms with E-state index in [9.17, 15) is 9.59 Å². The summed E-state index contributed by atoms with van der Waals surface area (Å²) in [5.74, 6) is -1.58. The van der Waals surface area contributed by atoms with Crippen LogP contribution in [-0.4, -0.2) is 23.1 Å². The molecule has 4 heteroatoms. The molecule has 106 valence electrons. The second-order valence-electron chi connectivity index (χ2n) is 6.52. The zero-order valence-corrected chi connectivity index (χ0v) is 12.4. The number of carbonyl (C=O) groups excluding carboxylic acids is 2. The molecule has 0 spiro atoms. The lowest BCUT2D eigenvalue weighted by Gasteiger charge is -2.24. The Balaban J connectivity index is 2.76. The molecule has 0 fully saturated rings. The van der Waals surface area contributed by atoms with Gasteiger partial charge in [-0.3, -0.25) is 4.79 Å². The standard InChI is InChI=1S/C15H22O4/c1-14(2,3)18-12(16)10-8-7-9-11(10)13(17)19-15(4,5)6/h7-10H,1-6H3. The van der Waals surface area contributed by atoms with Crippen LogP contribution < -0.4 is 0 Å². The fourth-order valence-corrected chi connectivity index (χ4v) is 1.58. The summed E-state index contributed by atoms with van der Waals surface area (Å²) >= 11 is 0. The first-order chi connectivity index (χ1) is 8.49. The van der Waals surface area contributed by atoms with E-state index in [4.69, 9.17) is 9.47 Å². The molecule has 19 heavy (non-hydrogen) atoms. The summed E-state index contributed by atoms with van der Waals surface area (Å²) in [7, 11) is 0. The van der Waals surface area contributed by atoms with Crippen LogP contribution in [0.5, 0.6) is 0 Å². The zero-order chi connectivity index (χ0) is 14.8. The summed E-state index contributed by atoms with van der Waals surface area (Å²) in [4.78, 5) is 24.0. The van der Waals surface area contributed by atoms with Crippen LogP contribution in [0.25, 0.3) is 0 Å². The molecule has 0 amide bonds. The van der Waals surface area contributed by atoms with Crippen molar-refractivity contribution >= 4 is 11.9 Å². The first-order valence-corrected chi connectivity index (χ1v) is 6.34. The predicted molar refractivity (Wildman–Crippen MR) is 72.4 cm³/mol. The Hall–Kier alpha value is -1.58. The van der Waals surface area contributed by atoms with E-state index in [1.165, 1.54) is 0 Å². The monoisotopic (exact) mass is 266 g/mol. The van der Waals surface area contributed by atoms with Crippen molar-refractivity contribution < 1.29 is 19.1 Å². The topological polar surface area (TPSA) is 52.6 Å². The average Bonchev–Trinajstić information content (AvgIpc) is 2.59. The largest absolute Gasteiger partial charge is 0.459 e. The summed E-state index contributed by atoms with van der Waals surface area (Å²) < 4.78 is 10.6. The normalized spacial score (nSPS) is 19.1. The van der Waals surface area contributed by atoms with E-state index in [2.05, 4.69) is 0 Å². The highest BCUT2D eigenvalue weighted by atomic mass is 16.6. The van der Waals surface area contributed by atoms with Crippen molar-refractivity contribution in [2.75, 3.05) is 0 Å². The Morgan fingerprint density at radius 3 is 2.00 bits per heavy atom. The third kappa shape index (κ3) is 4.89. The van der Waals surface area contributed by atoms with Gasteiger partial charge in [0.15, 0.2) is 0 Å². The van der Waals surface area contributed by atoms with Crippen molar-refractivity contribution in [1.29, 1.82) is 0 Å². The lowest BCUT2D eigenvalue weighted by Crippen LogP contribution is -2.32. The molecule has 0 aromatic rings. The summed E-state index contributed by atoms with van der Waals surface area (Å²) in [6.07, 6.45) is 4.92. The number of carbonyl (C=O) groups is 2. The van der Waals surface area contributed by atoms with E-state index in [1.54, 1.807) is 59.8 Å². The molecule has 0 N–H and O–H groups in total. The molecule has 0 saturated carbocycles. The van der Waals surface area contributed by atoms with Gasteiger partial charge in [0.25, 0.3) is 0 Å². The van der Waals surface area contributed by atoms with E-state index in [0.717, 1.165) is 0 Å². The number of ether oxygens (including phenoxy) is 2. The van der Waals surface area contributed by atoms with Crippen LogP contribution in [0.15, 0.2) is 23.8 Å². The molecule has 0 aliphatic heterocycles. The molecule has 4 nitrogen and oxygen atoms in total. The minimum atomic E-state index is -0.672. The Morgan fingerprint density at radius 2 is 1.53 bits per heavy atom. The van der Waals surface area contributed by atoms with Gasteiger partial charge in [-0.05, 0) is 41.5 Å². The quantitative estimate of drug-likeness (QED) is 0.721. The molecule has 1 aliphatic rings. The predicted octanol–water partition coefficient (Wildman–Crippen LogP) is 2.78. The van der Waals surface area contributed by atoms with Gasteiger partial charge < -0.3 is 9.47 Å². The van der Waals surface area contributed by atoms with Gasteiger partial charge in [-0.1, -0.05) is 18.2 Å². The average molecular weight is 266 g/mol. The van der Waals surface area contributed by atoms with E-state index in [0.29, 0.717) is 5.57 Å². The van der Waals surface area contributed by atoms with Crippen molar-refractivity contribution in [3.8, 4) is 0 Å². The molecule has 1 unspecified atom stereocenters. The molecule has 0 aromatic carbocycles. The van der Waals surface area contributed by atoms with Gasteiger partial charge >= 0.3 is 11.9 Å². The number of hydrogen-bond donors (Lipinski definition) is 0. The van der Waals surface area contributed by atoms with Crippen molar-refractivity contribution in [3.05, 3.63) is 23.8 Å². The molecule has 0 saturated heterocycles. The van der Waals surface area contributed by atoms with Crippen molar-refractivity contribution in [3.63, 3.8) is 0 Å². The molecule has 0 radical (unpaired) electrons. The third-order valence-corrected chi connectivity index (χ3v) is 2.21. The first kappa shape index (κ1) is 15.5. The van der Waals surface area contributed by atoms with Crippen molar-refractivity contribution in [2.24, 2.45) is 5.92 Å². The minimum absolute atomic E-state index is 0.323. The van der Waals surface area contributed by atoms with E-state index in [-0.39, 0.29) is 0 Å². The second kappa shape index (κ2) is 5.19. The number of esters is 2. The fraction of sp³-hybridized carbons (Fsp3) is 0.600. The van der Waals surface area contributed by atoms with Gasteiger partial charge in [-0.2, -0.15) is 0 Å². The Kier molecular flexibility index (Phi) is 4.23. The van der Waals surface area contributed by atoms with Crippen LogP contribution in [0, 0.1) is 5.92 Å². The van der Waals surface area contributed by atoms with Gasteiger partial charge in [0.05, 0.1) is 5.57 Å². The van der Waals surface area contributed by atoms with Crippen LogP contribution in [-0.2, 0) is 19.1 Å². The van der Waals surface area contributed by atoms with Crippen LogP contribution in [0.3, 0.4) is 0 Å². The molecule has 0 heterocycles. The lowest BCUT2D eigenvalue weighted by atomic mass is 10.0. The molecule has 0 aromatic heterocycles. The van der Waals surface area contributed by atoms with Crippen molar-refractivity contribution in [2.45, 2.75) is 52.7 Å². The number of rotatable bonds is 2. The SMILES string of the molecule is CC(C)(C)OC(=O)C1=CC=CC1C(=O)OC(C)(C)C. The smallest absolute Gasteiger partial charge is 0.335 e. The van der Waals surface area contributed by atoms with Gasteiger partial charge in [0, 0.05) is 0 Å². The fourth-order valence-electron chi connectivity index (χ4n) is 1.58. The Morgan fingerprint density at radius 1 is 1.00 bits per heavy atom. The van der Waals surface area contributed by atoms with Gasteiger partial charge in [0.1, 0.15) is 17.1 Å². The summed E-state index contributed by atoms with van der Waals surface area (Å²) in [5, 5.41) is 0. The van der Waals surface area contributed by atoms with E-state index in [1.807, 2.05) is 0 Å². The summed E-state index contributed by atoms with van der Waals surface area (Å²) in [6.45, 7) is 10.7. The third-order valence-electron chi connectivity index (χ3n) is 2.21. The summed E-state index contributed by atoms with van der Waals surface area (Å²) in [6, 6.07) is 0. The Bertz CT molecular complexity index is 430. The van der Waals surface area contributed by atoms with E-state index >= 15 is 0 Å². The van der Waals surface area contributed by atoms with Crippen LogP contribution in [0.2, 0.25) is 0 Å². The molecular weight excluding hydrogens is 244 g/mol. The maximum Gasteiger partial charge on any atom is 0.335 e. The maximum absolute atomic E-state index is 12.0. The number of allylic oxidation sites excluding steroid dienone is 2. The zero-order valence-electron chi connectivity index (χ0n) is 12.4. The van der Waals surface area contributed by atoms with E-state index < -0.39 is 29.1 Å². The maximum atomic E-state index is 12.0. The van der Waals surface area contributed by atoms with Gasteiger partial charge in [-0.15, -0.1) is 0 Å². The highest BCUT2D eigenvalue weighted by Gasteiger charge is 2.33. The number of hydrogen-bond acceptors (Lipinski definition) is 4. The molecule has 1 rings (SSSR count). The lowest BCUT2D eigenvalue weighted by molar-refractivity contribution is -0.160. The Labute approximate surface area is 114 Å². The first-order valence-electron chi connectivity index (χ1n) is 6.34. The highest BCUT2D eigenvalue weighted by molar-refractivity contribution is 5.98. The van der Waals surface area contributed by atoms with Crippen LogP contribution in [0.1, 0.15) is 41.5 Å². The molecule has 0 bridgehead atoms. The van der Waals surface area contributed by atoms with Crippen molar-refractivity contribution in [1.82, 2.24) is 0 Å². The molecule has 1 atom stereocenters. The minimum Gasteiger partial charge on any atom is -0.459 e. The second-order valence-corrected chi connectivity index (χ2v) is 6.52.